The molecule has 0 aromatic carbocycles. The number of hydrogen-bond acceptors (Lipinski definition) is 6. The van der Waals surface area contributed by atoms with Crippen LogP contribution >= 0.6 is 0 Å². The third kappa shape index (κ3) is 3.97. The van der Waals surface area contributed by atoms with Crippen molar-refractivity contribution in [2.45, 2.75) is 6.54 Å². The van der Waals surface area contributed by atoms with E-state index in [4.69, 9.17) is 10.5 Å². The van der Waals surface area contributed by atoms with Crippen LogP contribution in [0.2, 0.25) is 0 Å². The number of aromatic nitrogens is 2. The Kier molecular flexibility index (Phi) is 4.59. The van der Waals surface area contributed by atoms with Gasteiger partial charge in [0.25, 0.3) is 0 Å². The second kappa shape index (κ2) is 6.06. The highest BCUT2D eigenvalue weighted by atomic mass is 16.5. The molecule has 0 aliphatic rings. The van der Waals surface area contributed by atoms with Crippen molar-refractivity contribution in [1.29, 1.82) is 0 Å². The Morgan fingerprint density at radius 1 is 1.71 bits per heavy atom. The Balaban J connectivity index is 2.09. The largest absolute Gasteiger partial charge is 0.370 e. The number of ether oxygens (including phenoxy) is 1. The molecule has 78 valence electrons. The van der Waals surface area contributed by atoms with Gasteiger partial charge in [0.1, 0.15) is 6.61 Å². The van der Waals surface area contributed by atoms with Crippen LogP contribution in [0.25, 0.3) is 0 Å². The van der Waals surface area contributed by atoms with Crippen LogP contribution < -0.4 is 11.1 Å². The summed E-state index contributed by atoms with van der Waals surface area (Å²) in [6.45, 7) is 1.00. The fourth-order valence-corrected chi connectivity index (χ4v) is 0.747. The second-order valence-electron chi connectivity index (χ2n) is 2.47. The maximum absolute atomic E-state index is 11.0. The van der Waals surface area contributed by atoms with Gasteiger partial charge in [0.15, 0.2) is 5.82 Å². The van der Waals surface area contributed by atoms with Gasteiger partial charge in [-0.3, -0.25) is 4.79 Å². The molecule has 0 atom stereocenters. The molecule has 3 N–H and O–H groups in total. The minimum absolute atomic E-state index is 0.00491. The van der Waals surface area contributed by atoms with E-state index < -0.39 is 0 Å². The molecular weight excluding hydrogens is 188 g/mol. The van der Waals surface area contributed by atoms with Gasteiger partial charge >= 0.3 is 0 Å². The normalized spacial score (nSPS) is 10.1. The highest BCUT2D eigenvalue weighted by Gasteiger charge is 2.03. The number of nitrogens with zero attached hydrogens (tertiary/aromatic N) is 2. The molecule has 1 aromatic rings. The van der Waals surface area contributed by atoms with Crippen LogP contribution in [0.15, 0.2) is 10.9 Å². The second-order valence-corrected chi connectivity index (χ2v) is 2.47. The van der Waals surface area contributed by atoms with Crippen molar-refractivity contribution in [2.24, 2.45) is 5.73 Å². The molecule has 1 heterocycles. The molecule has 1 aromatic heterocycles. The van der Waals surface area contributed by atoms with E-state index in [0.717, 1.165) is 0 Å². The summed E-state index contributed by atoms with van der Waals surface area (Å²) >= 11 is 0. The lowest BCUT2D eigenvalue weighted by Gasteiger charge is -2.02. The first kappa shape index (κ1) is 10.6. The minimum Gasteiger partial charge on any atom is -0.370 e. The summed E-state index contributed by atoms with van der Waals surface area (Å²) in [6.07, 6.45) is 1.20. The molecule has 1 amide bonds. The molecule has 0 unspecified atom stereocenters. The Morgan fingerprint density at radius 3 is 3.21 bits per heavy atom. The Hall–Kier alpha value is -1.47. The summed E-state index contributed by atoms with van der Waals surface area (Å²) in [7, 11) is 0. The fraction of sp³-hybridized carbons (Fsp3) is 0.571. The molecule has 0 radical (unpaired) electrons. The zero-order valence-electron chi connectivity index (χ0n) is 7.60. The molecule has 0 saturated heterocycles. The molecule has 0 spiro atoms. The van der Waals surface area contributed by atoms with Crippen LogP contribution in [-0.4, -0.2) is 35.8 Å². The lowest BCUT2D eigenvalue weighted by Crippen LogP contribution is -2.28. The molecule has 0 aliphatic carbocycles. The standard InChI is InChI=1S/C7H12N4O3/c8-1-2-13-4-7(12)9-3-6-10-5-14-11-6/h5H,1-4,8H2,(H,9,12). The predicted octanol–water partition coefficient (Wildman–Crippen LogP) is -1.34. The van der Waals surface area contributed by atoms with Crippen LogP contribution in [0.5, 0.6) is 0 Å². The molecule has 0 aliphatic heterocycles. The average Bonchev–Trinajstić information content (AvgIpc) is 2.68. The summed E-state index contributed by atoms with van der Waals surface area (Å²) in [5.74, 6) is 0.195. The van der Waals surface area contributed by atoms with E-state index in [2.05, 4.69) is 20.0 Å². The van der Waals surface area contributed by atoms with Crippen LogP contribution in [0.1, 0.15) is 5.82 Å². The average molecular weight is 200 g/mol. The molecule has 14 heavy (non-hydrogen) atoms. The summed E-state index contributed by atoms with van der Waals surface area (Å²) in [6, 6.07) is 0. The van der Waals surface area contributed by atoms with E-state index in [1.54, 1.807) is 0 Å². The van der Waals surface area contributed by atoms with E-state index in [0.29, 0.717) is 19.0 Å². The first-order valence-corrected chi connectivity index (χ1v) is 4.12. The van der Waals surface area contributed by atoms with Crippen molar-refractivity contribution < 1.29 is 14.1 Å². The third-order valence-electron chi connectivity index (χ3n) is 1.35. The summed E-state index contributed by atoms with van der Waals surface area (Å²) in [5, 5.41) is 6.08. The zero-order valence-corrected chi connectivity index (χ0v) is 7.60. The smallest absolute Gasteiger partial charge is 0.246 e. The number of amides is 1. The molecular formula is C7H12N4O3. The Bertz CT molecular complexity index is 262. The number of rotatable bonds is 6. The zero-order chi connectivity index (χ0) is 10.2. The highest BCUT2D eigenvalue weighted by molar-refractivity contribution is 5.77. The minimum atomic E-state index is -0.233. The van der Waals surface area contributed by atoms with Crippen molar-refractivity contribution in [1.82, 2.24) is 15.5 Å². The maximum Gasteiger partial charge on any atom is 0.246 e. The van der Waals surface area contributed by atoms with Gasteiger partial charge in [-0.25, -0.2) is 0 Å². The number of nitrogens with two attached hydrogens (primary N) is 1. The van der Waals surface area contributed by atoms with E-state index in [1.165, 1.54) is 6.39 Å². The monoisotopic (exact) mass is 200 g/mol. The lowest BCUT2D eigenvalue weighted by atomic mass is 10.5. The van der Waals surface area contributed by atoms with E-state index >= 15 is 0 Å². The summed E-state index contributed by atoms with van der Waals surface area (Å²) < 4.78 is 9.40. The third-order valence-corrected chi connectivity index (χ3v) is 1.35. The Morgan fingerprint density at radius 2 is 2.57 bits per heavy atom. The predicted molar refractivity (Wildman–Crippen MR) is 46.0 cm³/mol. The number of nitrogens with one attached hydrogen (secondary N) is 1. The highest BCUT2D eigenvalue weighted by Crippen LogP contribution is 1.86. The molecule has 7 nitrogen and oxygen atoms in total. The first-order valence-electron chi connectivity index (χ1n) is 4.12. The fourth-order valence-electron chi connectivity index (χ4n) is 0.747. The van der Waals surface area contributed by atoms with Gasteiger partial charge in [-0.05, 0) is 0 Å². The lowest BCUT2D eigenvalue weighted by molar-refractivity contribution is -0.125. The van der Waals surface area contributed by atoms with Crippen LogP contribution in [0.4, 0.5) is 0 Å². The van der Waals surface area contributed by atoms with Crippen molar-refractivity contribution in [3.63, 3.8) is 0 Å². The summed E-state index contributed by atoms with van der Waals surface area (Å²) in [4.78, 5) is 14.8. The van der Waals surface area contributed by atoms with Gasteiger partial charge in [0, 0.05) is 6.54 Å². The van der Waals surface area contributed by atoms with Gasteiger partial charge in [-0.15, -0.1) is 0 Å². The number of hydrogen-bond donors (Lipinski definition) is 2. The molecule has 0 bridgehead atoms. The quantitative estimate of drug-likeness (QED) is 0.551. The SMILES string of the molecule is NCCOCC(=O)NCc1ncon1. The first-order chi connectivity index (χ1) is 6.83. The van der Waals surface area contributed by atoms with Gasteiger partial charge < -0.3 is 20.3 Å². The number of carbonyl (C=O) groups is 1. The summed E-state index contributed by atoms with van der Waals surface area (Å²) in [5.41, 5.74) is 5.18. The van der Waals surface area contributed by atoms with Crippen molar-refractivity contribution in [3.05, 3.63) is 12.2 Å². The van der Waals surface area contributed by atoms with Gasteiger partial charge in [-0.2, -0.15) is 4.98 Å². The van der Waals surface area contributed by atoms with E-state index in [-0.39, 0.29) is 19.1 Å². The maximum atomic E-state index is 11.0. The molecule has 0 saturated carbocycles. The van der Waals surface area contributed by atoms with E-state index in [1.807, 2.05) is 0 Å². The van der Waals surface area contributed by atoms with Crippen molar-refractivity contribution >= 4 is 5.91 Å². The molecule has 1 rings (SSSR count). The molecule has 7 heteroatoms. The van der Waals surface area contributed by atoms with Crippen LogP contribution in [0, 0.1) is 0 Å². The van der Waals surface area contributed by atoms with Crippen molar-refractivity contribution in [3.8, 4) is 0 Å². The number of carbonyl (C=O) groups excluding carboxylic acids is 1. The Labute approximate surface area is 80.6 Å². The van der Waals surface area contributed by atoms with E-state index in [9.17, 15) is 4.79 Å². The topological polar surface area (TPSA) is 103 Å². The molecule has 0 fully saturated rings. The van der Waals surface area contributed by atoms with Crippen LogP contribution in [0.3, 0.4) is 0 Å². The van der Waals surface area contributed by atoms with Gasteiger partial charge in [-0.1, -0.05) is 5.16 Å². The van der Waals surface area contributed by atoms with Crippen molar-refractivity contribution in [2.75, 3.05) is 19.8 Å². The van der Waals surface area contributed by atoms with Crippen LogP contribution in [-0.2, 0) is 16.1 Å². The van der Waals surface area contributed by atoms with Gasteiger partial charge in [0.05, 0.1) is 13.2 Å². The van der Waals surface area contributed by atoms with Gasteiger partial charge in [0.2, 0.25) is 12.3 Å².